The van der Waals surface area contributed by atoms with Gasteiger partial charge in [-0.25, -0.2) is 9.59 Å². The van der Waals surface area contributed by atoms with Crippen molar-refractivity contribution in [3.05, 3.63) is 12.7 Å². The Balaban J connectivity index is 2.04. The summed E-state index contributed by atoms with van der Waals surface area (Å²) in [5, 5.41) is 11.2. The lowest BCUT2D eigenvalue weighted by molar-refractivity contribution is -0.121. The summed E-state index contributed by atoms with van der Waals surface area (Å²) in [5.74, 6) is -0.300. The van der Waals surface area contributed by atoms with Crippen LogP contribution in [0, 0.1) is 0 Å². The van der Waals surface area contributed by atoms with Crippen LogP contribution in [0.3, 0.4) is 0 Å². The summed E-state index contributed by atoms with van der Waals surface area (Å²) in [6.07, 6.45) is 2.20. The molecule has 2 heterocycles. The van der Waals surface area contributed by atoms with Gasteiger partial charge in [-0.3, -0.25) is 10.1 Å². The molecule has 0 saturated carbocycles. The number of piperidine rings is 1. The summed E-state index contributed by atoms with van der Waals surface area (Å²) in [6.45, 7) is 4.37. The molecule has 0 aromatic heterocycles. The zero-order chi connectivity index (χ0) is 14.0. The second-order valence-corrected chi connectivity index (χ2v) is 4.74. The molecule has 2 saturated heterocycles. The third kappa shape index (κ3) is 2.54. The second-order valence-electron chi connectivity index (χ2n) is 4.74. The molecule has 4 amide bonds. The van der Waals surface area contributed by atoms with E-state index in [0.29, 0.717) is 32.4 Å². The lowest BCUT2D eigenvalue weighted by atomic mass is 10.0. The van der Waals surface area contributed by atoms with Crippen LogP contribution >= 0.6 is 0 Å². The molecule has 0 aromatic rings. The maximum absolute atomic E-state index is 11.8. The maximum Gasteiger partial charge on any atom is 0.407 e. The molecule has 2 fully saturated rings. The molecule has 1 unspecified atom stereocenters. The number of carbonyl (C=O) groups is 3. The largest absolute Gasteiger partial charge is 0.465 e. The molecule has 7 heteroatoms. The van der Waals surface area contributed by atoms with Gasteiger partial charge in [0.1, 0.15) is 6.04 Å². The Morgan fingerprint density at radius 3 is 2.58 bits per heavy atom. The van der Waals surface area contributed by atoms with Crippen molar-refractivity contribution in [2.24, 2.45) is 0 Å². The number of nitrogens with one attached hydrogen (secondary N) is 1. The van der Waals surface area contributed by atoms with E-state index in [0.717, 1.165) is 0 Å². The highest BCUT2D eigenvalue weighted by molar-refractivity contribution is 6.04. The zero-order valence-electron chi connectivity index (χ0n) is 10.5. The fourth-order valence-corrected chi connectivity index (χ4v) is 2.66. The quantitative estimate of drug-likeness (QED) is 0.579. The molecule has 2 N–H and O–H groups in total. The Labute approximate surface area is 110 Å². The van der Waals surface area contributed by atoms with Gasteiger partial charge >= 0.3 is 12.1 Å². The van der Waals surface area contributed by atoms with E-state index in [4.69, 9.17) is 5.11 Å². The normalized spacial score (nSPS) is 24.5. The number of rotatable bonds is 3. The van der Waals surface area contributed by atoms with Crippen LogP contribution in [-0.2, 0) is 4.79 Å². The van der Waals surface area contributed by atoms with Crippen molar-refractivity contribution in [1.29, 1.82) is 0 Å². The lowest BCUT2D eigenvalue weighted by Crippen LogP contribution is -2.50. The number of carboxylic acid groups (broad SMARTS) is 1. The van der Waals surface area contributed by atoms with E-state index in [1.54, 1.807) is 11.0 Å². The number of hydrogen-bond donors (Lipinski definition) is 2. The molecule has 2 rings (SSSR count). The van der Waals surface area contributed by atoms with Crippen LogP contribution in [0.1, 0.15) is 19.3 Å². The van der Waals surface area contributed by atoms with Crippen LogP contribution in [0.25, 0.3) is 0 Å². The molecular weight excluding hydrogens is 250 g/mol. The Hall–Kier alpha value is -2.05. The van der Waals surface area contributed by atoms with Crippen LogP contribution in [0.15, 0.2) is 12.7 Å². The van der Waals surface area contributed by atoms with E-state index in [-0.39, 0.29) is 18.0 Å². The average molecular weight is 267 g/mol. The topological polar surface area (TPSA) is 90.0 Å². The number of likely N-dealkylation sites (tertiary alicyclic amines) is 1. The predicted molar refractivity (Wildman–Crippen MR) is 66.6 cm³/mol. The van der Waals surface area contributed by atoms with E-state index in [1.165, 1.54) is 4.90 Å². The Morgan fingerprint density at radius 1 is 1.42 bits per heavy atom. The van der Waals surface area contributed by atoms with E-state index >= 15 is 0 Å². The second kappa shape index (κ2) is 5.29. The van der Waals surface area contributed by atoms with Gasteiger partial charge in [0.05, 0.1) is 0 Å². The van der Waals surface area contributed by atoms with Crippen molar-refractivity contribution < 1.29 is 19.5 Å². The maximum atomic E-state index is 11.8. The highest BCUT2D eigenvalue weighted by Gasteiger charge is 2.42. The summed E-state index contributed by atoms with van der Waals surface area (Å²) in [6, 6.07) is -0.982. The van der Waals surface area contributed by atoms with Gasteiger partial charge in [0.25, 0.3) is 5.91 Å². The fourth-order valence-electron chi connectivity index (χ4n) is 2.66. The molecule has 7 nitrogen and oxygen atoms in total. The summed E-state index contributed by atoms with van der Waals surface area (Å²) >= 11 is 0. The van der Waals surface area contributed by atoms with Crippen LogP contribution in [0.5, 0.6) is 0 Å². The van der Waals surface area contributed by atoms with Crippen LogP contribution in [-0.4, -0.2) is 58.1 Å². The molecule has 2 aliphatic rings. The van der Waals surface area contributed by atoms with E-state index in [1.807, 2.05) is 0 Å². The summed E-state index contributed by atoms with van der Waals surface area (Å²) in [7, 11) is 0. The molecule has 0 aliphatic carbocycles. The van der Waals surface area contributed by atoms with Crippen LogP contribution < -0.4 is 5.32 Å². The number of urea groups is 1. The summed E-state index contributed by atoms with van der Waals surface area (Å²) < 4.78 is 0. The summed E-state index contributed by atoms with van der Waals surface area (Å²) in [4.78, 5) is 37.2. The molecule has 0 bridgehead atoms. The first-order valence-corrected chi connectivity index (χ1v) is 6.26. The van der Waals surface area contributed by atoms with Gasteiger partial charge in [-0.2, -0.15) is 0 Å². The first kappa shape index (κ1) is 13.4. The molecule has 2 aliphatic heterocycles. The van der Waals surface area contributed by atoms with E-state index in [9.17, 15) is 14.4 Å². The van der Waals surface area contributed by atoms with Crippen molar-refractivity contribution >= 4 is 18.0 Å². The third-order valence-electron chi connectivity index (χ3n) is 3.62. The SMILES string of the molecule is C=CCC1C(=O)NC(=O)N1C1CCN(C(=O)O)CC1. The molecule has 0 aromatic carbocycles. The number of hydrogen-bond acceptors (Lipinski definition) is 3. The zero-order valence-corrected chi connectivity index (χ0v) is 10.5. The monoisotopic (exact) mass is 267 g/mol. The van der Waals surface area contributed by atoms with Gasteiger partial charge in [0, 0.05) is 19.1 Å². The van der Waals surface area contributed by atoms with Gasteiger partial charge in [-0.05, 0) is 19.3 Å². The van der Waals surface area contributed by atoms with Crippen LogP contribution in [0.4, 0.5) is 9.59 Å². The minimum atomic E-state index is -0.942. The third-order valence-corrected chi connectivity index (χ3v) is 3.62. The number of nitrogens with zero attached hydrogens (tertiary/aromatic N) is 2. The molecule has 0 radical (unpaired) electrons. The Morgan fingerprint density at radius 2 is 2.05 bits per heavy atom. The standard InChI is InChI=1S/C12H17N3O4/c1-2-3-9-10(16)13-11(17)15(9)8-4-6-14(7-5-8)12(18)19/h2,8-9H,1,3-7H2,(H,18,19)(H,13,16,17). The molecule has 0 spiro atoms. The number of carbonyl (C=O) groups excluding carboxylic acids is 2. The minimum Gasteiger partial charge on any atom is -0.465 e. The highest BCUT2D eigenvalue weighted by Crippen LogP contribution is 2.23. The fraction of sp³-hybridized carbons (Fsp3) is 0.583. The van der Waals surface area contributed by atoms with Gasteiger partial charge in [-0.15, -0.1) is 6.58 Å². The molecular formula is C12H17N3O4. The van der Waals surface area contributed by atoms with Gasteiger partial charge in [0.2, 0.25) is 0 Å². The van der Waals surface area contributed by atoms with Crippen molar-refractivity contribution in [2.75, 3.05) is 13.1 Å². The predicted octanol–water partition coefficient (Wildman–Crippen LogP) is 0.625. The minimum absolute atomic E-state index is 0.0907. The van der Waals surface area contributed by atoms with E-state index < -0.39 is 12.1 Å². The van der Waals surface area contributed by atoms with Gasteiger partial charge in [-0.1, -0.05) is 6.08 Å². The Bertz CT molecular complexity index is 415. The smallest absolute Gasteiger partial charge is 0.407 e. The van der Waals surface area contributed by atoms with Gasteiger partial charge < -0.3 is 14.9 Å². The highest BCUT2D eigenvalue weighted by atomic mass is 16.4. The molecule has 104 valence electrons. The summed E-state index contributed by atoms with van der Waals surface area (Å²) in [5.41, 5.74) is 0. The molecule has 19 heavy (non-hydrogen) atoms. The van der Waals surface area contributed by atoms with Gasteiger partial charge in [0.15, 0.2) is 0 Å². The van der Waals surface area contributed by atoms with Crippen molar-refractivity contribution in [2.45, 2.75) is 31.3 Å². The van der Waals surface area contributed by atoms with E-state index in [2.05, 4.69) is 11.9 Å². The number of amides is 4. The van der Waals surface area contributed by atoms with Crippen molar-refractivity contribution in [3.63, 3.8) is 0 Å². The van der Waals surface area contributed by atoms with Crippen molar-refractivity contribution in [1.82, 2.24) is 15.1 Å². The van der Waals surface area contributed by atoms with Crippen molar-refractivity contribution in [3.8, 4) is 0 Å². The van der Waals surface area contributed by atoms with Crippen LogP contribution in [0.2, 0.25) is 0 Å². The average Bonchev–Trinajstić information content (AvgIpc) is 2.65. The number of imide groups is 1. The Kier molecular flexibility index (Phi) is 3.73. The first-order valence-electron chi connectivity index (χ1n) is 6.26. The lowest BCUT2D eigenvalue weighted by Gasteiger charge is -2.36. The molecule has 1 atom stereocenters. The first-order chi connectivity index (χ1) is 9.04.